The molecule has 2 aromatic rings. The molecule has 1 aliphatic carbocycles. The third-order valence-corrected chi connectivity index (χ3v) is 4.69. The number of carbonyl (C=O) groups excluding carboxylic acids is 2. The lowest BCUT2D eigenvalue weighted by Gasteiger charge is -2.22. The van der Waals surface area contributed by atoms with Crippen molar-refractivity contribution in [3.8, 4) is 0 Å². The van der Waals surface area contributed by atoms with Crippen LogP contribution in [0, 0.1) is 0 Å². The van der Waals surface area contributed by atoms with Crippen molar-refractivity contribution in [1.82, 2.24) is 15.6 Å². The first kappa shape index (κ1) is 18.2. The van der Waals surface area contributed by atoms with E-state index in [0.29, 0.717) is 25.4 Å². The highest BCUT2D eigenvalue weighted by Crippen LogP contribution is 2.18. The number of hydrogen-bond acceptors (Lipinski definition) is 3. The van der Waals surface area contributed by atoms with Gasteiger partial charge in [-0.1, -0.05) is 25.3 Å². The normalized spacial score (nSPS) is 14.8. The molecule has 6 nitrogen and oxygen atoms in total. The van der Waals surface area contributed by atoms with Gasteiger partial charge in [0.1, 0.15) is 0 Å². The maximum Gasteiger partial charge on any atom is 0.315 e. The van der Waals surface area contributed by atoms with Gasteiger partial charge < -0.3 is 16.0 Å². The smallest absolute Gasteiger partial charge is 0.315 e. The number of carbonyl (C=O) groups is 2. The second-order valence-corrected chi connectivity index (χ2v) is 6.80. The lowest BCUT2D eigenvalue weighted by atomic mass is 9.96. The summed E-state index contributed by atoms with van der Waals surface area (Å²) in [6.07, 6.45) is 8.51. The summed E-state index contributed by atoms with van der Waals surface area (Å²) in [6.45, 7) is 0.494. The van der Waals surface area contributed by atoms with Gasteiger partial charge in [0.15, 0.2) is 0 Å². The van der Waals surface area contributed by atoms with Crippen LogP contribution in [-0.4, -0.2) is 29.5 Å². The van der Waals surface area contributed by atoms with Crippen molar-refractivity contribution in [3.63, 3.8) is 0 Å². The standard InChI is InChI=1S/C20H26N4O2/c25-19(23-17-10-11-18-15(14-17)6-4-12-21-18)9-5-13-22-20(26)24-16-7-2-1-3-8-16/h4,6,10-12,14,16H,1-3,5,7-9,13H2,(H,23,25)(H2,22,24,26). The highest BCUT2D eigenvalue weighted by molar-refractivity contribution is 5.93. The number of anilines is 1. The van der Waals surface area contributed by atoms with E-state index < -0.39 is 0 Å². The van der Waals surface area contributed by atoms with Crippen LogP contribution in [0.15, 0.2) is 36.5 Å². The molecule has 3 rings (SSSR count). The van der Waals surface area contributed by atoms with Crippen molar-refractivity contribution in [2.24, 2.45) is 0 Å². The van der Waals surface area contributed by atoms with Gasteiger partial charge in [0.2, 0.25) is 5.91 Å². The number of rotatable bonds is 6. The molecule has 26 heavy (non-hydrogen) atoms. The van der Waals surface area contributed by atoms with Crippen LogP contribution in [0.1, 0.15) is 44.9 Å². The first-order chi connectivity index (χ1) is 12.7. The number of benzene rings is 1. The lowest BCUT2D eigenvalue weighted by Crippen LogP contribution is -2.43. The number of fused-ring (bicyclic) bond motifs is 1. The summed E-state index contributed by atoms with van der Waals surface area (Å²) < 4.78 is 0. The summed E-state index contributed by atoms with van der Waals surface area (Å²) in [5.74, 6) is -0.0530. The second kappa shape index (κ2) is 9.17. The number of pyridine rings is 1. The van der Waals surface area contributed by atoms with Gasteiger partial charge >= 0.3 is 6.03 Å². The van der Waals surface area contributed by atoms with Gasteiger partial charge in [0, 0.05) is 36.3 Å². The summed E-state index contributed by atoms with van der Waals surface area (Å²) >= 11 is 0. The molecule has 0 saturated heterocycles. The third-order valence-electron chi connectivity index (χ3n) is 4.69. The number of urea groups is 1. The SMILES string of the molecule is O=C(CCCNC(=O)NC1CCCCC1)Nc1ccc2ncccc2c1. The van der Waals surface area contributed by atoms with E-state index in [1.165, 1.54) is 19.3 Å². The molecule has 1 saturated carbocycles. The minimum Gasteiger partial charge on any atom is -0.338 e. The Balaban J connectivity index is 1.35. The number of aromatic nitrogens is 1. The topological polar surface area (TPSA) is 83.1 Å². The number of nitrogens with one attached hydrogen (secondary N) is 3. The van der Waals surface area contributed by atoms with Crippen molar-refractivity contribution >= 4 is 28.5 Å². The van der Waals surface area contributed by atoms with Crippen LogP contribution in [0.3, 0.4) is 0 Å². The Kier molecular flexibility index (Phi) is 6.41. The second-order valence-electron chi connectivity index (χ2n) is 6.80. The fourth-order valence-corrected chi connectivity index (χ4v) is 3.31. The van der Waals surface area contributed by atoms with Crippen molar-refractivity contribution in [3.05, 3.63) is 36.5 Å². The molecule has 1 aromatic heterocycles. The molecule has 0 spiro atoms. The Morgan fingerprint density at radius 3 is 2.81 bits per heavy atom. The summed E-state index contributed by atoms with van der Waals surface area (Å²) in [7, 11) is 0. The highest BCUT2D eigenvalue weighted by Gasteiger charge is 2.15. The molecule has 6 heteroatoms. The van der Waals surface area contributed by atoms with Crippen molar-refractivity contribution in [1.29, 1.82) is 0 Å². The first-order valence-electron chi connectivity index (χ1n) is 9.40. The average Bonchev–Trinajstić information content (AvgIpc) is 2.66. The molecule has 0 atom stereocenters. The van der Waals surface area contributed by atoms with Crippen LogP contribution in [0.25, 0.3) is 10.9 Å². The molecule has 3 N–H and O–H groups in total. The predicted octanol–water partition coefficient (Wildman–Crippen LogP) is 3.59. The summed E-state index contributed by atoms with van der Waals surface area (Å²) in [6, 6.07) is 9.67. The van der Waals surface area contributed by atoms with Crippen molar-refractivity contribution in [2.75, 3.05) is 11.9 Å². The predicted molar refractivity (Wildman–Crippen MR) is 103 cm³/mol. The Labute approximate surface area is 153 Å². The molecular formula is C20H26N4O2. The zero-order chi connectivity index (χ0) is 18.2. The van der Waals surface area contributed by atoms with Gasteiger partial charge in [0.25, 0.3) is 0 Å². The quantitative estimate of drug-likeness (QED) is 0.693. The Hall–Kier alpha value is -2.63. The molecule has 0 bridgehead atoms. The molecule has 1 heterocycles. The van der Waals surface area contributed by atoms with Crippen molar-refractivity contribution < 1.29 is 9.59 Å². The van der Waals surface area contributed by atoms with Gasteiger partial charge in [-0.05, 0) is 43.5 Å². The Morgan fingerprint density at radius 1 is 1.12 bits per heavy atom. The van der Waals surface area contributed by atoms with Gasteiger partial charge in [0.05, 0.1) is 5.52 Å². The van der Waals surface area contributed by atoms with E-state index in [4.69, 9.17) is 0 Å². The number of nitrogens with zero attached hydrogens (tertiary/aromatic N) is 1. The van der Waals surface area contributed by atoms with E-state index in [2.05, 4.69) is 20.9 Å². The summed E-state index contributed by atoms with van der Waals surface area (Å²) in [5, 5.41) is 9.73. The summed E-state index contributed by atoms with van der Waals surface area (Å²) in [5.41, 5.74) is 1.66. The lowest BCUT2D eigenvalue weighted by molar-refractivity contribution is -0.116. The molecule has 0 unspecified atom stereocenters. The van der Waals surface area contributed by atoms with Crippen LogP contribution < -0.4 is 16.0 Å². The number of amides is 3. The van der Waals surface area contributed by atoms with Crippen molar-refractivity contribution in [2.45, 2.75) is 51.0 Å². The Bertz CT molecular complexity index is 756. The highest BCUT2D eigenvalue weighted by atomic mass is 16.2. The molecular weight excluding hydrogens is 328 g/mol. The van der Waals surface area contributed by atoms with Crippen LogP contribution in [0.5, 0.6) is 0 Å². The average molecular weight is 354 g/mol. The Morgan fingerprint density at radius 2 is 1.96 bits per heavy atom. The van der Waals surface area contributed by atoms with Gasteiger partial charge in [-0.15, -0.1) is 0 Å². The third kappa shape index (κ3) is 5.44. The molecule has 0 aliphatic heterocycles. The van der Waals surface area contributed by atoms with Crippen LogP contribution in [-0.2, 0) is 4.79 Å². The summed E-state index contributed by atoms with van der Waals surface area (Å²) in [4.78, 5) is 28.2. The maximum absolute atomic E-state index is 12.1. The fourth-order valence-electron chi connectivity index (χ4n) is 3.31. The largest absolute Gasteiger partial charge is 0.338 e. The molecule has 138 valence electrons. The monoisotopic (exact) mass is 354 g/mol. The van der Waals surface area contributed by atoms with Gasteiger partial charge in [-0.3, -0.25) is 9.78 Å². The number of hydrogen-bond donors (Lipinski definition) is 3. The molecule has 1 aromatic carbocycles. The zero-order valence-electron chi connectivity index (χ0n) is 15.0. The maximum atomic E-state index is 12.1. The van der Waals surface area contributed by atoms with E-state index in [1.54, 1.807) is 6.20 Å². The van der Waals surface area contributed by atoms with E-state index in [-0.39, 0.29) is 11.9 Å². The molecule has 3 amide bonds. The van der Waals surface area contributed by atoms with E-state index >= 15 is 0 Å². The minimum atomic E-state index is -0.126. The molecule has 1 aliphatic rings. The van der Waals surface area contributed by atoms with E-state index in [0.717, 1.165) is 29.4 Å². The fraction of sp³-hybridized carbons (Fsp3) is 0.450. The van der Waals surface area contributed by atoms with Crippen LogP contribution >= 0.6 is 0 Å². The molecule has 1 fully saturated rings. The van der Waals surface area contributed by atoms with Crippen LogP contribution in [0.4, 0.5) is 10.5 Å². The van der Waals surface area contributed by atoms with Crippen LogP contribution in [0.2, 0.25) is 0 Å². The van der Waals surface area contributed by atoms with E-state index in [1.807, 2.05) is 30.3 Å². The first-order valence-corrected chi connectivity index (χ1v) is 9.40. The minimum absolute atomic E-state index is 0.0530. The van der Waals surface area contributed by atoms with Gasteiger partial charge in [-0.2, -0.15) is 0 Å². The zero-order valence-corrected chi connectivity index (χ0v) is 15.0. The van der Waals surface area contributed by atoms with E-state index in [9.17, 15) is 9.59 Å². The molecule has 0 radical (unpaired) electrons. The van der Waals surface area contributed by atoms with Gasteiger partial charge in [-0.25, -0.2) is 4.79 Å².